The van der Waals surface area contributed by atoms with Crippen molar-refractivity contribution >= 4 is 29.3 Å². The Morgan fingerprint density at radius 3 is 2.45 bits per heavy atom. The lowest BCUT2D eigenvalue weighted by molar-refractivity contribution is 0.102. The fraction of sp³-hybridized carbons (Fsp3) is 0.0952. The molecule has 2 aromatic heterocycles. The number of hydrogen-bond acceptors (Lipinski definition) is 5. The highest BCUT2D eigenvalue weighted by atomic mass is 32.2. The molecule has 2 heterocycles. The van der Waals surface area contributed by atoms with Gasteiger partial charge in [0.2, 0.25) is 5.95 Å². The Labute approximate surface area is 170 Å². The van der Waals surface area contributed by atoms with Gasteiger partial charge in [0.1, 0.15) is 5.82 Å². The van der Waals surface area contributed by atoms with E-state index in [-0.39, 0.29) is 5.95 Å². The van der Waals surface area contributed by atoms with E-state index in [0.717, 1.165) is 16.2 Å². The van der Waals surface area contributed by atoms with Crippen LogP contribution in [0, 0.1) is 5.82 Å². The van der Waals surface area contributed by atoms with Gasteiger partial charge in [-0.15, -0.1) is 16.9 Å². The monoisotopic (exact) mass is 408 g/mol. The number of methoxy groups -OCH3 is 1. The number of fused-ring (bicyclic) bond motifs is 1. The predicted molar refractivity (Wildman–Crippen MR) is 111 cm³/mol. The third-order valence-electron chi connectivity index (χ3n) is 4.39. The summed E-state index contributed by atoms with van der Waals surface area (Å²) in [6.07, 6.45) is 2.02. The van der Waals surface area contributed by atoms with Crippen LogP contribution in [0.2, 0.25) is 0 Å². The highest BCUT2D eigenvalue weighted by Gasteiger charge is 2.16. The molecule has 2 aromatic carbocycles. The van der Waals surface area contributed by atoms with Crippen LogP contribution in [0.3, 0.4) is 0 Å². The third kappa shape index (κ3) is 3.79. The van der Waals surface area contributed by atoms with Crippen LogP contribution in [0.5, 0.6) is 5.75 Å². The Morgan fingerprint density at radius 1 is 1.07 bits per heavy atom. The molecule has 0 saturated carbocycles. The molecule has 0 saturated heterocycles. The Morgan fingerprint density at radius 2 is 1.79 bits per heavy atom. The molecule has 1 amide bonds. The number of benzene rings is 2. The number of anilines is 1. The van der Waals surface area contributed by atoms with Crippen LogP contribution in [-0.2, 0) is 0 Å². The first-order valence-corrected chi connectivity index (χ1v) is 9.96. The van der Waals surface area contributed by atoms with Gasteiger partial charge < -0.3 is 4.74 Å². The number of nitrogens with zero attached hydrogens (tertiary/aromatic N) is 3. The number of nitrogens with one attached hydrogen (secondary N) is 1. The SMILES string of the molecule is COc1ccc(-c2ccc(SC)cc2)n2nc(NC(=O)c3ccc(F)cc3)nc12. The Balaban J connectivity index is 1.73. The molecule has 0 aliphatic carbocycles. The summed E-state index contributed by atoms with van der Waals surface area (Å²) in [6.45, 7) is 0. The quantitative estimate of drug-likeness (QED) is 0.492. The highest BCUT2D eigenvalue weighted by molar-refractivity contribution is 7.98. The topological polar surface area (TPSA) is 68.5 Å². The van der Waals surface area contributed by atoms with Crippen molar-refractivity contribution in [2.75, 3.05) is 18.7 Å². The number of hydrogen-bond donors (Lipinski definition) is 1. The van der Waals surface area contributed by atoms with Crippen LogP contribution >= 0.6 is 11.8 Å². The van der Waals surface area contributed by atoms with Crippen LogP contribution in [0.15, 0.2) is 65.6 Å². The number of ether oxygens (including phenoxy) is 1. The van der Waals surface area contributed by atoms with E-state index < -0.39 is 11.7 Å². The number of carbonyl (C=O) groups is 1. The van der Waals surface area contributed by atoms with Gasteiger partial charge in [-0.1, -0.05) is 12.1 Å². The van der Waals surface area contributed by atoms with Gasteiger partial charge in [0.25, 0.3) is 5.91 Å². The summed E-state index contributed by atoms with van der Waals surface area (Å²) in [5.74, 6) is -0.171. The van der Waals surface area contributed by atoms with E-state index >= 15 is 0 Å². The molecule has 0 unspecified atom stereocenters. The molecule has 6 nitrogen and oxygen atoms in total. The Hall–Kier alpha value is -3.39. The second kappa shape index (κ2) is 7.92. The molecule has 0 bridgehead atoms. The highest BCUT2D eigenvalue weighted by Crippen LogP contribution is 2.28. The van der Waals surface area contributed by atoms with Crippen molar-refractivity contribution < 1.29 is 13.9 Å². The second-order valence-electron chi connectivity index (χ2n) is 6.15. The Bertz CT molecular complexity index is 1170. The lowest BCUT2D eigenvalue weighted by Gasteiger charge is -2.07. The van der Waals surface area contributed by atoms with Crippen molar-refractivity contribution in [3.63, 3.8) is 0 Å². The van der Waals surface area contributed by atoms with Gasteiger partial charge in [0.05, 0.1) is 12.8 Å². The van der Waals surface area contributed by atoms with Crippen LogP contribution < -0.4 is 10.1 Å². The Kier molecular flexibility index (Phi) is 5.18. The molecule has 146 valence electrons. The standard InChI is InChI=1S/C21H17FN4O2S/c1-28-18-12-11-17(13-5-9-16(29-2)10-6-13)26-19(18)23-21(25-26)24-20(27)14-3-7-15(22)8-4-14/h3-12H,1-2H3,(H,24,25,27). The van der Waals surface area contributed by atoms with E-state index in [0.29, 0.717) is 17.0 Å². The minimum Gasteiger partial charge on any atom is -0.493 e. The zero-order valence-corrected chi connectivity index (χ0v) is 16.5. The minimum absolute atomic E-state index is 0.130. The van der Waals surface area contributed by atoms with E-state index in [4.69, 9.17) is 4.74 Å². The number of halogens is 1. The molecule has 4 rings (SSSR count). The molecule has 8 heteroatoms. The first kappa shape index (κ1) is 18.9. The normalized spacial score (nSPS) is 10.9. The number of aromatic nitrogens is 3. The number of carbonyl (C=O) groups excluding carboxylic acids is 1. The maximum Gasteiger partial charge on any atom is 0.258 e. The van der Waals surface area contributed by atoms with Crippen molar-refractivity contribution in [3.8, 4) is 17.0 Å². The first-order chi connectivity index (χ1) is 14.1. The average molecular weight is 408 g/mol. The average Bonchev–Trinajstić information content (AvgIpc) is 3.17. The zero-order valence-electron chi connectivity index (χ0n) is 15.7. The molecule has 29 heavy (non-hydrogen) atoms. The fourth-order valence-electron chi connectivity index (χ4n) is 2.91. The molecular formula is C21H17FN4O2S. The largest absolute Gasteiger partial charge is 0.493 e. The van der Waals surface area contributed by atoms with Crippen LogP contribution in [0.1, 0.15) is 10.4 Å². The smallest absolute Gasteiger partial charge is 0.258 e. The molecule has 0 fully saturated rings. The van der Waals surface area contributed by atoms with Gasteiger partial charge in [-0.2, -0.15) is 4.98 Å². The van der Waals surface area contributed by atoms with E-state index in [9.17, 15) is 9.18 Å². The fourth-order valence-corrected chi connectivity index (χ4v) is 3.32. The maximum atomic E-state index is 13.1. The molecule has 1 N–H and O–H groups in total. The van der Waals surface area contributed by atoms with E-state index in [1.807, 2.05) is 42.7 Å². The molecule has 0 aliphatic heterocycles. The van der Waals surface area contributed by atoms with Crippen LogP contribution in [0.25, 0.3) is 16.9 Å². The molecule has 0 spiro atoms. The van der Waals surface area contributed by atoms with Crippen LogP contribution in [-0.4, -0.2) is 33.9 Å². The third-order valence-corrected chi connectivity index (χ3v) is 5.13. The summed E-state index contributed by atoms with van der Waals surface area (Å²) in [5.41, 5.74) is 2.55. The van der Waals surface area contributed by atoms with Crippen molar-refractivity contribution in [2.45, 2.75) is 4.90 Å². The number of thioether (sulfide) groups is 1. The van der Waals surface area contributed by atoms with Crippen molar-refractivity contribution in [1.82, 2.24) is 14.6 Å². The van der Waals surface area contributed by atoms with Crippen molar-refractivity contribution in [1.29, 1.82) is 0 Å². The van der Waals surface area contributed by atoms with Gasteiger partial charge in [-0.05, 0) is 54.8 Å². The maximum absolute atomic E-state index is 13.1. The molecule has 4 aromatic rings. The van der Waals surface area contributed by atoms with Gasteiger partial charge in [0, 0.05) is 16.0 Å². The lowest BCUT2D eigenvalue weighted by atomic mass is 10.1. The lowest BCUT2D eigenvalue weighted by Crippen LogP contribution is -2.13. The molecule has 0 atom stereocenters. The number of pyridine rings is 1. The zero-order chi connectivity index (χ0) is 20.4. The van der Waals surface area contributed by atoms with Crippen molar-refractivity contribution in [3.05, 3.63) is 72.0 Å². The van der Waals surface area contributed by atoms with Gasteiger partial charge in [0.15, 0.2) is 11.4 Å². The summed E-state index contributed by atoms with van der Waals surface area (Å²) in [4.78, 5) is 18.0. The summed E-state index contributed by atoms with van der Waals surface area (Å²) in [5, 5.41) is 7.09. The second-order valence-corrected chi connectivity index (χ2v) is 7.03. The van der Waals surface area contributed by atoms with Gasteiger partial charge in [-0.3, -0.25) is 10.1 Å². The summed E-state index contributed by atoms with van der Waals surface area (Å²) < 4.78 is 20.1. The van der Waals surface area contributed by atoms with E-state index in [1.165, 1.54) is 24.3 Å². The van der Waals surface area contributed by atoms with E-state index in [2.05, 4.69) is 15.4 Å². The molecule has 0 radical (unpaired) electrons. The van der Waals surface area contributed by atoms with Gasteiger partial charge in [-0.25, -0.2) is 8.91 Å². The number of rotatable bonds is 5. The molecule has 0 aliphatic rings. The predicted octanol–water partition coefficient (Wildman–Crippen LogP) is 4.52. The van der Waals surface area contributed by atoms with Gasteiger partial charge >= 0.3 is 0 Å². The van der Waals surface area contributed by atoms with Crippen LogP contribution in [0.4, 0.5) is 10.3 Å². The molecular weight excluding hydrogens is 391 g/mol. The summed E-state index contributed by atoms with van der Waals surface area (Å²) >= 11 is 1.67. The summed E-state index contributed by atoms with van der Waals surface area (Å²) in [7, 11) is 1.55. The van der Waals surface area contributed by atoms with E-state index in [1.54, 1.807) is 23.4 Å². The van der Waals surface area contributed by atoms with Crippen molar-refractivity contribution in [2.24, 2.45) is 0 Å². The first-order valence-electron chi connectivity index (χ1n) is 8.74. The summed E-state index contributed by atoms with van der Waals surface area (Å²) in [6, 6.07) is 17.0. The number of amides is 1. The minimum atomic E-state index is -0.425.